The lowest BCUT2D eigenvalue weighted by atomic mass is 9.96. The molecule has 1 aromatic carbocycles. The number of hydrogen-bond acceptors (Lipinski definition) is 2. The number of hydrogen-bond donors (Lipinski definition) is 1. The molecule has 19 heavy (non-hydrogen) atoms. The normalized spacial score (nSPS) is 17.3. The second kappa shape index (κ2) is 7.06. The Morgan fingerprint density at radius 3 is 2.74 bits per heavy atom. The van der Waals surface area contributed by atoms with E-state index in [1.54, 1.807) is 0 Å². The summed E-state index contributed by atoms with van der Waals surface area (Å²) in [5.74, 6) is 0.697. The Morgan fingerprint density at radius 2 is 2.05 bits per heavy atom. The first-order valence-corrected chi connectivity index (χ1v) is 7.70. The van der Waals surface area contributed by atoms with Crippen LogP contribution in [0.2, 0.25) is 0 Å². The Bertz CT molecular complexity index is 430. The second-order valence-electron chi connectivity index (χ2n) is 5.09. The molecule has 1 N–H and O–H groups in total. The first-order chi connectivity index (χ1) is 9.18. The van der Waals surface area contributed by atoms with Crippen LogP contribution in [-0.2, 0) is 4.79 Å². The van der Waals surface area contributed by atoms with E-state index < -0.39 is 0 Å². The molecule has 0 saturated carbocycles. The highest BCUT2D eigenvalue weighted by atomic mass is 79.9. The van der Waals surface area contributed by atoms with E-state index in [4.69, 9.17) is 0 Å². The van der Waals surface area contributed by atoms with Crippen molar-refractivity contribution in [2.75, 3.05) is 26.2 Å². The van der Waals surface area contributed by atoms with Crippen molar-refractivity contribution in [2.24, 2.45) is 0 Å². The van der Waals surface area contributed by atoms with E-state index in [0.717, 1.165) is 37.1 Å². The van der Waals surface area contributed by atoms with Gasteiger partial charge in [-0.15, -0.1) is 0 Å². The van der Waals surface area contributed by atoms with E-state index in [1.807, 2.05) is 11.0 Å². The van der Waals surface area contributed by atoms with Crippen molar-refractivity contribution in [1.82, 2.24) is 10.2 Å². The van der Waals surface area contributed by atoms with Gasteiger partial charge in [0.2, 0.25) is 5.91 Å². The summed E-state index contributed by atoms with van der Waals surface area (Å²) in [5, 5.41) is 3.27. The molecule has 1 aliphatic rings. The maximum absolute atomic E-state index is 12.1. The summed E-state index contributed by atoms with van der Waals surface area (Å²) in [4.78, 5) is 14.1. The van der Waals surface area contributed by atoms with Crippen LogP contribution in [0.25, 0.3) is 0 Å². The second-order valence-corrected chi connectivity index (χ2v) is 5.95. The molecule has 1 heterocycles. The van der Waals surface area contributed by atoms with Crippen molar-refractivity contribution >= 4 is 21.8 Å². The third-order valence-corrected chi connectivity index (χ3v) is 4.42. The molecule has 2 rings (SSSR count). The molecular weight excluding hydrogens is 304 g/mol. The Balaban J connectivity index is 1.84. The minimum Gasteiger partial charge on any atom is -0.340 e. The molecule has 0 aromatic heterocycles. The fraction of sp³-hybridized carbons (Fsp3) is 0.533. The predicted molar refractivity (Wildman–Crippen MR) is 81.2 cm³/mol. The van der Waals surface area contributed by atoms with Crippen molar-refractivity contribution in [3.8, 4) is 0 Å². The Labute approximate surface area is 123 Å². The number of carbonyl (C=O) groups excluding carboxylic acids is 1. The Kier molecular flexibility index (Phi) is 5.40. The quantitative estimate of drug-likeness (QED) is 0.923. The molecule has 1 unspecified atom stereocenters. The molecular formula is C15H21BrN2O. The van der Waals surface area contributed by atoms with Crippen LogP contribution in [0.1, 0.15) is 31.2 Å². The highest BCUT2D eigenvalue weighted by Crippen LogP contribution is 2.27. The molecule has 0 bridgehead atoms. The number of nitrogens with one attached hydrogen (secondary N) is 1. The molecule has 1 atom stereocenters. The van der Waals surface area contributed by atoms with Gasteiger partial charge >= 0.3 is 0 Å². The molecule has 1 saturated heterocycles. The summed E-state index contributed by atoms with van der Waals surface area (Å²) >= 11 is 3.58. The van der Waals surface area contributed by atoms with Gasteiger partial charge in [0, 0.05) is 37.1 Å². The van der Waals surface area contributed by atoms with Gasteiger partial charge in [-0.1, -0.05) is 41.1 Å². The van der Waals surface area contributed by atoms with Gasteiger partial charge in [-0.3, -0.25) is 4.79 Å². The fourth-order valence-electron chi connectivity index (χ4n) is 2.44. The highest BCUT2D eigenvalue weighted by molar-refractivity contribution is 9.10. The van der Waals surface area contributed by atoms with Crippen LogP contribution < -0.4 is 5.32 Å². The third kappa shape index (κ3) is 4.05. The molecule has 1 amide bonds. The molecule has 104 valence electrons. The maximum Gasteiger partial charge on any atom is 0.222 e. The smallest absolute Gasteiger partial charge is 0.222 e. The lowest BCUT2D eigenvalue weighted by Crippen LogP contribution is -2.46. The van der Waals surface area contributed by atoms with Gasteiger partial charge in [-0.05, 0) is 24.0 Å². The molecule has 1 aromatic rings. The number of halogens is 1. The van der Waals surface area contributed by atoms with Crippen LogP contribution in [0, 0.1) is 0 Å². The summed E-state index contributed by atoms with van der Waals surface area (Å²) in [6.07, 6.45) is 1.55. The van der Waals surface area contributed by atoms with Gasteiger partial charge in [0.25, 0.3) is 0 Å². The SMILES string of the molecule is CC(CCC(=O)N1CCNCC1)c1ccccc1Br. The zero-order valence-electron chi connectivity index (χ0n) is 11.4. The molecule has 3 nitrogen and oxygen atoms in total. The molecule has 0 aliphatic carbocycles. The number of benzene rings is 1. The largest absolute Gasteiger partial charge is 0.340 e. The van der Waals surface area contributed by atoms with Crippen molar-refractivity contribution in [3.05, 3.63) is 34.3 Å². The van der Waals surface area contributed by atoms with Gasteiger partial charge < -0.3 is 10.2 Å². The number of amides is 1. The topological polar surface area (TPSA) is 32.3 Å². The van der Waals surface area contributed by atoms with E-state index in [0.29, 0.717) is 18.2 Å². The number of nitrogens with zero attached hydrogens (tertiary/aromatic N) is 1. The Hall–Kier alpha value is -0.870. The van der Waals surface area contributed by atoms with Crippen molar-refractivity contribution in [3.63, 3.8) is 0 Å². The van der Waals surface area contributed by atoms with E-state index in [-0.39, 0.29) is 0 Å². The average Bonchev–Trinajstić information content (AvgIpc) is 2.46. The summed E-state index contributed by atoms with van der Waals surface area (Å²) in [6.45, 7) is 5.73. The summed E-state index contributed by atoms with van der Waals surface area (Å²) in [7, 11) is 0. The van der Waals surface area contributed by atoms with E-state index in [1.165, 1.54) is 5.56 Å². The highest BCUT2D eigenvalue weighted by Gasteiger charge is 2.17. The van der Waals surface area contributed by atoms with E-state index >= 15 is 0 Å². The minimum absolute atomic E-state index is 0.292. The Morgan fingerprint density at radius 1 is 1.37 bits per heavy atom. The molecule has 0 radical (unpaired) electrons. The standard InChI is InChI=1S/C15H21BrN2O/c1-12(13-4-2-3-5-14(13)16)6-7-15(19)18-10-8-17-9-11-18/h2-5,12,17H,6-11H2,1H3. The van der Waals surface area contributed by atoms with E-state index in [9.17, 15) is 4.79 Å². The van der Waals surface area contributed by atoms with Gasteiger partial charge in [-0.2, -0.15) is 0 Å². The van der Waals surface area contributed by atoms with Crippen LogP contribution in [0.5, 0.6) is 0 Å². The molecule has 0 spiro atoms. The fourth-order valence-corrected chi connectivity index (χ4v) is 3.12. The first kappa shape index (κ1) is 14.5. The average molecular weight is 325 g/mol. The minimum atomic E-state index is 0.292. The van der Waals surface area contributed by atoms with Gasteiger partial charge in [0.15, 0.2) is 0 Å². The van der Waals surface area contributed by atoms with Crippen LogP contribution in [0.4, 0.5) is 0 Å². The van der Waals surface area contributed by atoms with Crippen molar-refractivity contribution in [2.45, 2.75) is 25.7 Å². The van der Waals surface area contributed by atoms with Gasteiger partial charge in [0.05, 0.1) is 0 Å². The van der Waals surface area contributed by atoms with E-state index in [2.05, 4.69) is 46.4 Å². The van der Waals surface area contributed by atoms with Crippen LogP contribution >= 0.6 is 15.9 Å². The van der Waals surface area contributed by atoms with Crippen LogP contribution in [-0.4, -0.2) is 37.0 Å². The summed E-state index contributed by atoms with van der Waals surface area (Å²) in [5.41, 5.74) is 1.29. The van der Waals surface area contributed by atoms with Crippen LogP contribution in [0.15, 0.2) is 28.7 Å². The zero-order chi connectivity index (χ0) is 13.7. The first-order valence-electron chi connectivity index (χ1n) is 6.91. The summed E-state index contributed by atoms with van der Waals surface area (Å²) in [6, 6.07) is 8.26. The maximum atomic E-state index is 12.1. The van der Waals surface area contributed by atoms with Gasteiger partial charge in [-0.25, -0.2) is 0 Å². The predicted octanol–water partition coefficient (Wildman–Crippen LogP) is 2.76. The lowest BCUT2D eigenvalue weighted by Gasteiger charge is -2.28. The van der Waals surface area contributed by atoms with Crippen molar-refractivity contribution in [1.29, 1.82) is 0 Å². The van der Waals surface area contributed by atoms with Crippen molar-refractivity contribution < 1.29 is 4.79 Å². The van der Waals surface area contributed by atoms with Gasteiger partial charge in [0.1, 0.15) is 0 Å². The number of rotatable bonds is 4. The zero-order valence-corrected chi connectivity index (χ0v) is 12.9. The third-order valence-electron chi connectivity index (χ3n) is 3.70. The molecule has 1 aliphatic heterocycles. The number of carbonyl (C=O) groups is 1. The monoisotopic (exact) mass is 324 g/mol. The van der Waals surface area contributed by atoms with Crippen LogP contribution in [0.3, 0.4) is 0 Å². The number of piperazine rings is 1. The lowest BCUT2D eigenvalue weighted by molar-refractivity contribution is -0.131. The molecule has 4 heteroatoms. The molecule has 1 fully saturated rings. The summed E-state index contributed by atoms with van der Waals surface area (Å²) < 4.78 is 1.14.